The van der Waals surface area contributed by atoms with Gasteiger partial charge in [0.15, 0.2) is 4.32 Å². The number of hydrogen-bond donors (Lipinski definition) is 0. The summed E-state index contributed by atoms with van der Waals surface area (Å²) in [6, 6.07) is 19.4. The highest BCUT2D eigenvalue weighted by Crippen LogP contribution is 2.41. The SMILES string of the molecule is CN1N=C(c2ccccc2)C(Br)(c2ccccc2)C1=O. The minimum Gasteiger partial charge on any atom is -0.270 e. The van der Waals surface area contributed by atoms with E-state index < -0.39 is 4.32 Å². The summed E-state index contributed by atoms with van der Waals surface area (Å²) in [6.45, 7) is 0. The van der Waals surface area contributed by atoms with Gasteiger partial charge in [0.25, 0.3) is 5.91 Å². The first-order chi connectivity index (χ1) is 9.64. The fourth-order valence-electron chi connectivity index (χ4n) is 2.37. The van der Waals surface area contributed by atoms with Crippen molar-refractivity contribution >= 4 is 27.5 Å². The van der Waals surface area contributed by atoms with E-state index in [2.05, 4.69) is 21.0 Å². The Morgan fingerprint density at radius 3 is 2.15 bits per heavy atom. The topological polar surface area (TPSA) is 32.7 Å². The maximum atomic E-state index is 12.6. The summed E-state index contributed by atoms with van der Waals surface area (Å²) in [5.74, 6) is -0.0810. The molecule has 0 saturated carbocycles. The number of carbonyl (C=O) groups is 1. The number of rotatable bonds is 2. The van der Waals surface area contributed by atoms with Gasteiger partial charge in [-0.25, -0.2) is 5.01 Å². The first-order valence-corrected chi connectivity index (χ1v) is 7.10. The normalized spacial score (nSPS) is 22.0. The minimum atomic E-state index is -0.912. The van der Waals surface area contributed by atoms with Crippen LogP contribution in [-0.4, -0.2) is 23.7 Å². The molecule has 0 radical (unpaired) electrons. The average Bonchev–Trinajstić information content (AvgIpc) is 2.74. The number of halogens is 1. The highest BCUT2D eigenvalue weighted by atomic mass is 79.9. The van der Waals surface area contributed by atoms with Gasteiger partial charge in [-0.3, -0.25) is 4.79 Å². The van der Waals surface area contributed by atoms with E-state index in [1.807, 2.05) is 60.7 Å². The van der Waals surface area contributed by atoms with Crippen LogP contribution in [0.25, 0.3) is 0 Å². The Morgan fingerprint density at radius 1 is 1.00 bits per heavy atom. The van der Waals surface area contributed by atoms with Crippen LogP contribution in [0.15, 0.2) is 65.8 Å². The number of likely N-dealkylation sites (N-methyl/N-ethyl adjacent to an activating group) is 1. The molecule has 20 heavy (non-hydrogen) atoms. The fraction of sp³-hybridized carbons (Fsp3) is 0.125. The number of alkyl halides is 1. The molecular formula is C16H13BrN2O. The first kappa shape index (κ1) is 13.1. The van der Waals surface area contributed by atoms with E-state index in [1.165, 1.54) is 5.01 Å². The van der Waals surface area contributed by atoms with Crippen LogP contribution in [0.3, 0.4) is 0 Å². The number of nitrogens with zero attached hydrogens (tertiary/aromatic N) is 2. The lowest BCUT2D eigenvalue weighted by Crippen LogP contribution is -2.37. The summed E-state index contributed by atoms with van der Waals surface area (Å²) in [5, 5.41) is 5.82. The van der Waals surface area contributed by atoms with Crippen LogP contribution in [0, 0.1) is 0 Å². The molecule has 3 nitrogen and oxygen atoms in total. The molecule has 1 unspecified atom stereocenters. The first-order valence-electron chi connectivity index (χ1n) is 6.31. The molecule has 2 aromatic carbocycles. The van der Waals surface area contributed by atoms with Crippen molar-refractivity contribution in [2.75, 3.05) is 7.05 Å². The van der Waals surface area contributed by atoms with Gasteiger partial charge in [0.2, 0.25) is 0 Å². The third kappa shape index (κ3) is 1.88. The maximum Gasteiger partial charge on any atom is 0.270 e. The summed E-state index contributed by atoms with van der Waals surface area (Å²) in [5.41, 5.74) is 2.54. The standard InChI is InChI=1S/C16H13BrN2O/c1-19-15(20)16(17,13-10-6-3-7-11-13)14(18-19)12-8-4-2-5-9-12/h2-11H,1H3. The molecule has 0 aromatic heterocycles. The van der Waals surface area contributed by atoms with Gasteiger partial charge in [-0.05, 0) is 5.56 Å². The molecule has 2 aromatic rings. The van der Waals surface area contributed by atoms with Crippen LogP contribution in [0.4, 0.5) is 0 Å². The number of carbonyl (C=O) groups excluding carboxylic acids is 1. The van der Waals surface area contributed by atoms with E-state index in [1.54, 1.807) is 7.05 Å². The Bertz CT molecular complexity index is 669. The highest BCUT2D eigenvalue weighted by Gasteiger charge is 2.49. The Kier molecular flexibility index (Phi) is 3.18. The fourth-order valence-corrected chi connectivity index (χ4v) is 3.20. The third-order valence-electron chi connectivity index (χ3n) is 3.38. The van der Waals surface area contributed by atoms with Crippen LogP contribution in [0.5, 0.6) is 0 Å². The zero-order valence-electron chi connectivity index (χ0n) is 11.0. The molecule has 0 N–H and O–H groups in total. The Balaban J connectivity index is 2.18. The highest BCUT2D eigenvalue weighted by molar-refractivity contribution is 9.10. The Morgan fingerprint density at radius 2 is 1.55 bits per heavy atom. The largest absolute Gasteiger partial charge is 0.270 e. The second kappa shape index (κ2) is 4.87. The molecule has 0 aliphatic carbocycles. The zero-order valence-corrected chi connectivity index (χ0v) is 12.5. The summed E-state index contributed by atoms with van der Waals surface area (Å²) in [7, 11) is 1.68. The summed E-state index contributed by atoms with van der Waals surface area (Å²) in [6.07, 6.45) is 0. The lowest BCUT2D eigenvalue weighted by Gasteiger charge is -2.22. The number of benzene rings is 2. The van der Waals surface area contributed by atoms with Crippen LogP contribution >= 0.6 is 15.9 Å². The van der Waals surface area contributed by atoms with Crippen molar-refractivity contribution in [2.45, 2.75) is 4.32 Å². The molecule has 1 aliphatic heterocycles. The molecule has 0 saturated heterocycles. The van der Waals surface area contributed by atoms with E-state index in [-0.39, 0.29) is 5.91 Å². The summed E-state index contributed by atoms with van der Waals surface area (Å²) < 4.78 is -0.912. The summed E-state index contributed by atoms with van der Waals surface area (Å²) >= 11 is 3.64. The van der Waals surface area contributed by atoms with Crippen LogP contribution in [0.2, 0.25) is 0 Å². The number of amides is 1. The molecule has 1 amide bonds. The van der Waals surface area contributed by atoms with Crippen LogP contribution in [-0.2, 0) is 9.12 Å². The molecule has 0 fully saturated rings. The van der Waals surface area contributed by atoms with Gasteiger partial charge in [-0.15, -0.1) is 0 Å². The van der Waals surface area contributed by atoms with Gasteiger partial charge in [0.1, 0.15) is 0 Å². The van der Waals surface area contributed by atoms with E-state index >= 15 is 0 Å². The van der Waals surface area contributed by atoms with Gasteiger partial charge >= 0.3 is 0 Å². The predicted octanol–water partition coefficient (Wildman–Crippen LogP) is 3.15. The lowest BCUT2D eigenvalue weighted by atomic mass is 9.90. The van der Waals surface area contributed by atoms with Crippen molar-refractivity contribution in [2.24, 2.45) is 5.10 Å². The Hall–Kier alpha value is -1.94. The van der Waals surface area contributed by atoms with Crippen molar-refractivity contribution in [1.29, 1.82) is 0 Å². The van der Waals surface area contributed by atoms with Crippen LogP contribution < -0.4 is 0 Å². The molecule has 1 heterocycles. The van der Waals surface area contributed by atoms with Crippen LogP contribution in [0.1, 0.15) is 11.1 Å². The molecule has 1 aliphatic rings. The molecule has 3 rings (SSSR count). The molecule has 0 bridgehead atoms. The third-order valence-corrected chi connectivity index (χ3v) is 4.56. The minimum absolute atomic E-state index is 0.0810. The lowest BCUT2D eigenvalue weighted by molar-refractivity contribution is -0.129. The van der Waals surface area contributed by atoms with Crippen molar-refractivity contribution < 1.29 is 4.79 Å². The number of hydrazone groups is 1. The quantitative estimate of drug-likeness (QED) is 0.779. The smallest absolute Gasteiger partial charge is 0.270 e. The van der Waals surface area contributed by atoms with Crippen molar-refractivity contribution in [3.63, 3.8) is 0 Å². The van der Waals surface area contributed by atoms with E-state index in [4.69, 9.17) is 0 Å². The molecule has 1 atom stereocenters. The van der Waals surface area contributed by atoms with Gasteiger partial charge in [-0.1, -0.05) is 76.6 Å². The second-order valence-electron chi connectivity index (χ2n) is 4.67. The van der Waals surface area contributed by atoms with E-state index in [0.29, 0.717) is 0 Å². The predicted molar refractivity (Wildman–Crippen MR) is 82.8 cm³/mol. The van der Waals surface area contributed by atoms with Gasteiger partial charge in [-0.2, -0.15) is 5.10 Å². The molecule has 0 spiro atoms. The maximum absolute atomic E-state index is 12.6. The monoisotopic (exact) mass is 328 g/mol. The van der Waals surface area contributed by atoms with Gasteiger partial charge in [0.05, 0.1) is 5.71 Å². The van der Waals surface area contributed by atoms with Gasteiger partial charge in [0, 0.05) is 12.6 Å². The Labute approximate surface area is 126 Å². The zero-order chi connectivity index (χ0) is 14.2. The van der Waals surface area contributed by atoms with E-state index in [0.717, 1.165) is 16.8 Å². The molecule has 4 heteroatoms. The van der Waals surface area contributed by atoms with Gasteiger partial charge < -0.3 is 0 Å². The average molecular weight is 329 g/mol. The molecule has 100 valence electrons. The number of hydrogen-bond acceptors (Lipinski definition) is 2. The van der Waals surface area contributed by atoms with Crippen molar-refractivity contribution in [3.05, 3.63) is 71.8 Å². The van der Waals surface area contributed by atoms with Crippen molar-refractivity contribution in [3.8, 4) is 0 Å². The van der Waals surface area contributed by atoms with E-state index in [9.17, 15) is 4.79 Å². The molecular weight excluding hydrogens is 316 g/mol. The summed E-state index contributed by atoms with van der Waals surface area (Å²) in [4.78, 5) is 12.6. The van der Waals surface area contributed by atoms with Crippen molar-refractivity contribution in [1.82, 2.24) is 5.01 Å². The second-order valence-corrected chi connectivity index (χ2v) is 5.86.